The highest BCUT2D eigenvalue weighted by molar-refractivity contribution is 9.10. The van der Waals surface area contributed by atoms with Crippen LogP contribution in [0.2, 0.25) is 0 Å². The summed E-state index contributed by atoms with van der Waals surface area (Å²) in [5.41, 5.74) is 6.70. The molecule has 0 unspecified atom stereocenters. The number of hydrogen-bond acceptors (Lipinski definition) is 4. The summed E-state index contributed by atoms with van der Waals surface area (Å²) in [5, 5.41) is 2.01. The Morgan fingerprint density at radius 3 is 2.89 bits per heavy atom. The molecule has 0 aliphatic carbocycles. The van der Waals surface area contributed by atoms with E-state index in [4.69, 9.17) is 10.5 Å². The lowest BCUT2D eigenvalue weighted by molar-refractivity contribution is 0.0509. The minimum atomic E-state index is -0.356. The molecular formula is C13H12BrNO2S. The van der Waals surface area contributed by atoms with Gasteiger partial charge >= 0.3 is 5.97 Å². The Balaban J connectivity index is 1.93. The molecule has 0 aliphatic heterocycles. The smallest absolute Gasteiger partial charge is 0.339 e. The Bertz CT molecular complexity index is 540. The molecule has 1 heterocycles. The molecule has 0 saturated carbocycles. The van der Waals surface area contributed by atoms with E-state index in [1.807, 2.05) is 17.5 Å². The van der Waals surface area contributed by atoms with Gasteiger partial charge in [0, 0.05) is 17.0 Å². The minimum absolute atomic E-state index is 0.356. The van der Waals surface area contributed by atoms with Crippen LogP contribution in [0.15, 0.2) is 40.2 Å². The van der Waals surface area contributed by atoms with E-state index in [-0.39, 0.29) is 5.97 Å². The van der Waals surface area contributed by atoms with Crippen LogP contribution in [0.5, 0.6) is 0 Å². The summed E-state index contributed by atoms with van der Waals surface area (Å²) in [7, 11) is 0. The average molecular weight is 326 g/mol. The molecule has 1 aromatic carbocycles. The van der Waals surface area contributed by atoms with Gasteiger partial charge in [0.15, 0.2) is 0 Å². The standard InChI is InChI=1S/C13H12BrNO2S/c14-12-10(4-1-5-11(12)15)13(16)17-7-6-9-3-2-8-18-9/h1-5,8H,6-7,15H2. The SMILES string of the molecule is Nc1cccc(C(=O)OCCc2cccs2)c1Br. The molecule has 0 saturated heterocycles. The van der Waals surface area contributed by atoms with E-state index in [0.29, 0.717) is 22.3 Å². The number of ether oxygens (including phenoxy) is 1. The third kappa shape index (κ3) is 3.11. The van der Waals surface area contributed by atoms with E-state index >= 15 is 0 Å². The zero-order chi connectivity index (χ0) is 13.0. The number of nitrogens with two attached hydrogens (primary N) is 1. The largest absolute Gasteiger partial charge is 0.462 e. The maximum atomic E-state index is 11.8. The molecule has 5 heteroatoms. The van der Waals surface area contributed by atoms with Crippen molar-refractivity contribution in [3.8, 4) is 0 Å². The van der Waals surface area contributed by atoms with Crippen molar-refractivity contribution in [1.29, 1.82) is 0 Å². The van der Waals surface area contributed by atoms with Gasteiger partial charge in [-0.1, -0.05) is 12.1 Å². The Labute approximate surface area is 118 Å². The van der Waals surface area contributed by atoms with Crippen LogP contribution in [0.3, 0.4) is 0 Å². The van der Waals surface area contributed by atoms with Gasteiger partial charge in [0.1, 0.15) is 0 Å². The first-order valence-corrected chi connectivity index (χ1v) is 7.09. The number of benzene rings is 1. The van der Waals surface area contributed by atoms with Crippen molar-refractivity contribution < 1.29 is 9.53 Å². The molecule has 94 valence electrons. The Morgan fingerprint density at radius 2 is 2.17 bits per heavy atom. The second-order valence-electron chi connectivity index (χ2n) is 3.67. The van der Waals surface area contributed by atoms with Crippen LogP contribution in [0.25, 0.3) is 0 Å². The van der Waals surface area contributed by atoms with Crippen LogP contribution >= 0.6 is 27.3 Å². The fourth-order valence-electron chi connectivity index (χ4n) is 1.48. The van der Waals surface area contributed by atoms with E-state index in [9.17, 15) is 4.79 Å². The number of thiophene rings is 1. The van der Waals surface area contributed by atoms with E-state index in [1.54, 1.807) is 29.5 Å². The van der Waals surface area contributed by atoms with Crippen LogP contribution in [-0.2, 0) is 11.2 Å². The van der Waals surface area contributed by atoms with Crippen LogP contribution in [0.1, 0.15) is 15.2 Å². The zero-order valence-electron chi connectivity index (χ0n) is 9.56. The van der Waals surface area contributed by atoms with E-state index in [1.165, 1.54) is 4.88 Å². The lowest BCUT2D eigenvalue weighted by Gasteiger charge is -2.07. The number of rotatable bonds is 4. The summed E-state index contributed by atoms with van der Waals surface area (Å²) >= 11 is 4.94. The normalized spacial score (nSPS) is 10.3. The maximum absolute atomic E-state index is 11.8. The molecule has 0 aliphatic rings. The van der Waals surface area contributed by atoms with Gasteiger partial charge in [-0.15, -0.1) is 11.3 Å². The molecule has 1 aromatic heterocycles. The summed E-state index contributed by atoms with van der Waals surface area (Å²) < 4.78 is 5.81. The number of carbonyl (C=O) groups is 1. The quantitative estimate of drug-likeness (QED) is 0.691. The van der Waals surface area contributed by atoms with Gasteiger partial charge in [-0.05, 0) is 39.5 Å². The number of anilines is 1. The summed E-state index contributed by atoms with van der Waals surface area (Å²) in [6.07, 6.45) is 0.739. The van der Waals surface area contributed by atoms with Gasteiger partial charge in [0.2, 0.25) is 0 Å². The monoisotopic (exact) mass is 325 g/mol. The molecular weight excluding hydrogens is 314 g/mol. The topological polar surface area (TPSA) is 52.3 Å². The fourth-order valence-corrected chi connectivity index (χ4v) is 2.60. The van der Waals surface area contributed by atoms with Gasteiger partial charge in [-0.25, -0.2) is 4.79 Å². The lowest BCUT2D eigenvalue weighted by atomic mass is 10.2. The number of carbonyl (C=O) groups excluding carboxylic acids is 1. The van der Waals surface area contributed by atoms with Crippen molar-refractivity contribution in [1.82, 2.24) is 0 Å². The minimum Gasteiger partial charge on any atom is -0.462 e. The van der Waals surface area contributed by atoms with Crippen LogP contribution in [-0.4, -0.2) is 12.6 Å². The summed E-state index contributed by atoms with van der Waals surface area (Å²) in [4.78, 5) is 13.0. The van der Waals surface area contributed by atoms with Crippen molar-refractivity contribution in [3.05, 3.63) is 50.6 Å². The Morgan fingerprint density at radius 1 is 1.33 bits per heavy atom. The van der Waals surface area contributed by atoms with Crippen molar-refractivity contribution in [2.24, 2.45) is 0 Å². The molecule has 3 nitrogen and oxygen atoms in total. The molecule has 0 radical (unpaired) electrons. The second kappa shape index (κ2) is 6.02. The van der Waals surface area contributed by atoms with E-state index < -0.39 is 0 Å². The molecule has 0 spiro atoms. The lowest BCUT2D eigenvalue weighted by Crippen LogP contribution is -2.09. The summed E-state index contributed by atoms with van der Waals surface area (Å²) in [5.74, 6) is -0.356. The van der Waals surface area contributed by atoms with Crippen molar-refractivity contribution in [2.45, 2.75) is 6.42 Å². The Hall–Kier alpha value is -1.33. The molecule has 2 N–H and O–H groups in total. The fraction of sp³-hybridized carbons (Fsp3) is 0.154. The average Bonchev–Trinajstić information content (AvgIpc) is 2.85. The highest BCUT2D eigenvalue weighted by Crippen LogP contribution is 2.24. The van der Waals surface area contributed by atoms with Gasteiger partial charge in [0.25, 0.3) is 0 Å². The maximum Gasteiger partial charge on any atom is 0.339 e. The third-order valence-corrected chi connectivity index (χ3v) is 4.23. The number of esters is 1. The summed E-state index contributed by atoms with van der Waals surface area (Å²) in [6, 6.07) is 9.15. The predicted octanol–water partition coefficient (Wildman–Crippen LogP) is 3.49. The highest BCUT2D eigenvalue weighted by atomic mass is 79.9. The first-order chi connectivity index (χ1) is 8.68. The molecule has 18 heavy (non-hydrogen) atoms. The van der Waals surface area contributed by atoms with Gasteiger partial charge in [0.05, 0.1) is 16.6 Å². The number of hydrogen-bond donors (Lipinski definition) is 1. The first kappa shape index (κ1) is 13.1. The summed E-state index contributed by atoms with van der Waals surface area (Å²) in [6.45, 7) is 0.376. The predicted molar refractivity (Wildman–Crippen MR) is 76.9 cm³/mol. The molecule has 0 bridgehead atoms. The van der Waals surface area contributed by atoms with E-state index in [2.05, 4.69) is 15.9 Å². The van der Waals surface area contributed by atoms with Gasteiger partial charge < -0.3 is 10.5 Å². The van der Waals surface area contributed by atoms with Crippen molar-refractivity contribution >= 4 is 38.9 Å². The van der Waals surface area contributed by atoms with Gasteiger partial charge in [-0.3, -0.25) is 0 Å². The first-order valence-electron chi connectivity index (χ1n) is 5.42. The molecule has 2 aromatic rings. The van der Waals surface area contributed by atoms with Crippen LogP contribution in [0, 0.1) is 0 Å². The molecule has 0 fully saturated rings. The zero-order valence-corrected chi connectivity index (χ0v) is 12.0. The molecule has 2 rings (SSSR count). The highest BCUT2D eigenvalue weighted by Gasteiger charge is 2.12. The molecule has 0 atom stereocenters. The van der Waals surface area contributed by atoms with E-state index in [0.717, 1.165) is 6.42 Å². The Kier molecular flexibility index (Phi) is 4.38. The third-order valence-electron chi connectivity index (χ3n) is 2.41. The van der Waals surface area contributed by atoms with Crippen molar-refractivity contribution in [3.63, 3.8) is 0 Å². The van der Waals surface area contributed by atoms with Crippen LogP contribution in [0.4, 0.5) is 5.69 Å². The second-order valence-corrected chi connectivity index (χ2v) is 5.50. The van der Waals surface area contributed by atoms with Crippen LogP contribution < -0.4 is 5.73 Å². The van der Waals surface area contributed by atoms with Crippen molar-refractivity contribution in [2.75, 3.05) is 12.3 Å². The number of halogens is 1. The molecule has 0 amide bonds. The van der Waals surface area contributed by atoms with Gasteiger partial charge in [-0.2, -0.15) is 0 Å². The number of nitrogen functional groups attached to an aromatic ring is 1.